The van der Waals surface area contributed by atoms with Crippen LogP contribution in [0, 0.1) is 6.92 Å². The van der Waals surface area contributed by atoms with Gasteiger partial charge >= 0.3 is 0 Å². The van der Waals surface area contributed by atoms with Crippen LogP contribution in [0.5, 0.6) is 11.5 Å². The number of fused-ring (bicyclic) bond motifs is 1. The van der Waals surface area contributed by atoms with Crippen molar-refractivity contribution in [3.8, 4) is 11.5 Å². The Kier molecular flexibility index (Phi) is 5.68. The van der Waals surface area contributed by atoms with Gasteiger partial charge in [-0.3, -0.25) is 9.59 Å². The smallest absolute Gasteiger partial charge is 0.251 e. The minimum atomic E-state index is -0.153. The van der Waals surface area contributed by atoms with Crippen LogP contribution >= 0.6 is 0 Å². The van der Waals surface area contributed by atoms with Crippen LogP contribution in [0.25, 0.3) is 10.9 Å². The van der Waals surface area contributed by atoms with Crippen molar-refractivity contribution in [2.45, 2.75) is 19.8 Å². The summed E-state index contributed by atoms with van der Waals surface area (Å²) >= 11 is 0. The highest BCUT2D eigenvalue weighted by molar-refractivity contribution is 5.93. The lowest BCUT2D eigenvalue weighted by atomic mass is 10.1. The number of H-pyrrole nitrogens is 1. The van der Waals surface area contributed by atoms with E-state index in [0.29, 0.717) is 29.2 Å². The van der Waals surface area contributed by atoms with Crippen molar-refractivity contribution in [2.75, 3.05) is 26.2 Å². The zero-order valence-electron chi connectivity index (χ0n) is 16.5. The van der Waals surface area contributed by atoms with Crippen LogP contribution in [0.15, 0.2) is 47.3 Å². The second kappa shape index (κ2) is 8.17. The van der Waals surface area contributed by atoms with Crippen molar-refractivity contribution >= 4 is 22.5 Å². The third kappa shape index (κ3) is 4.01. The van der Waals surface area contributed by atoms with Gasteiger partial charge in [0.25, 0.3) is 5.56 Å². The fraction of sp³-hybridized carbons (Fsp3) is 0.273. The van der Waals surface area contributed by atoms with Crippen LogP contribution in [0.1, 0.15) is 17.5 Å². The summed E-state index contributed by atoms with van der Waals surface area (Å²) in [5.41, 5.74) is 3.04. The molecule has 0 unspecified atom stereocenters. The van der Waals surface area contributed by atoms with Crippen LogP contribution in [-0.4, -0.2) is 32.2 Å². The SMILES string of the molecule is COc1ccc(N(C)C(=O)CCc2cc3ccc(C)cc3[nH]c2=O)cc1OC. The zero-order valence-corrected chi connectivity index (χ0v) is 16.5. The van der Waals surface area contributed by atoms with Gasteiger partial charge in [-0.05, 0) is 48.6 Å². The summed E-state index contributed by atoms with van der Waals surface area (Å²) in [6, 6.07) is 13.1. The molecule has 1 N–H and O–H groups in total. The average Bonchev–Trinajstić information content (AvgIpc) is 2.70. The molecule has 6 nitrogen and oxygen atoms in total. The Bertz CT molecular complexity index is 1070. The quantitative estimate of drug-likeness (QED) is 0.711. The summed E-state index contributed by atoms with van der Waals surface area (Å²) in [4.78, 5) is 29.4. The molecule has 0 aliphatic rings. The number of rotatable bonds is 6. The molecule has 28 heavy (non-hydrogen) atoms. The molecular weight excluding hydrogens is 356 g/mol. The molecular formula is C22H24N2O4. The first-order chi connectivity index (χ1) is 13.4. The number of nitrogens with zero attached hydrogens (tertiary/aromatic N) is 1. The number of ether oxygens (including phenoxy) is 2. The predicted octanol–water partition coefficient (Wildman–Crippen LogP) is 3.45. The summed E-state index contributed by atoms with van der Waals surface area (Å²) in [7, 11) is 4.82. The van der Waals surface area contributed by atoms with E-state index in [0.717, 1.165) is 16.5 Å². The minimum absolute atomic E-state index is 0.0874. The molecule has 1 heterocycles. The fourth-order valence-electron chi connectivity index (χ4n) is 3.13. The molecule has 0 spiro atoms. The molecule has 1 amide bonds. The molecule has 0 radical (unpaired) electrons. The second-order valence-corrected chi connectivity index (χ2v) is 6.71. The van der Waals surface area contributed by atoms with Gasteiger partial charge in [0.05, 0.1) is 14.2 Å². The van der Waals surface area contributed by atoms with Crippen LogP contribution < -0.4 is 19.9 Å². The topological polar surface area (TPSA) is 71.6 Å². The summed E-state index contributed by atoms with van der Waals surface area (Å²) in [6.07, 6.45) is 0.598. The van der Waals surface area contributed by atoms with Crippen molar-refractivity contribution in [2.24, 2.45) is 0 Å². The van der Waals surface area contributed by atoms with E-state index in [-0.39, 0.29) is 17.9 Å². The molecule has 146 valence electrons. The van der Waals surface area contributed by atoms with Gasteiger partial charge in [-0.1, -0.05) is 12.1 Å². The first-order valence-corrected chi connectivity index (χ1v) is 9.04. The molecule has 0 fully saturated rings. The number of amides is 1. The number of carbonyl (C=O) groups excluding carboxylic acids is 1. The van der Waals surface area contributed by atoms with Gasteiger partial charge in [0.1, 0.15) is 0 Å². The monoisotopic (exact) mass is 380 g/mol. The fourth-order valence-corrected chi connectivity index (χ4v) is 3.13. The predicted molar refractivity (Wildman–Crippen MR) is 111 cm³/mol. The number of anilines is 1. The largest absolute Gasteiger partial charge is 0.493 e. The van der Waals surface area contributed by atoms with Gasteiger partial charge < -0.3 is 19.4 Å². The average molecular weight is 380 g/mol. The third-order valence-corrected chi connectivity index (χ3v) is 4.82. The Hall–Kier alpha value is -3.28. The lowest BCUT2D eigenvalue weighted by Crippen LogP contribution is -2.27. The Labute approximate surface area is 163 Å². The standard InChI is InChI=1S/C22H24N2O4/c1-14-5-6-15-12-16(22(26)23-18(15)11-14)7-10-21(25)24(2)17-8-9-19(27-3)20(13-17)28-4/h5-6,8-9,11-13H,7,10H2,1-4H3,(H,23,26). The summed E-state index contributed by atoms with van der Waals surface area (Å²) < 4.78 is 10.5. The van der Waals surface area contributed by atoms with Crippen LogP contribution in [0.2, 0.25) is 0 Å². The van der Waals surface area contributed by atoms with Gasteiger partial charge in [0, 0.05) is 36.3 Å². The highest BCUT2D eigenvalue weighted by atomic mass is 16.5. The van der Waals surface area contributed by atoms with E-state index in [4.69, 9.17) is 9.47 Å². The van der Waals surface area contributed by atoms with Crippen LogP contribution in [-0.2, 0) is 11.2 Å². The number of hydrogen-bond donors (Lipinski definition) is 1. The van der Waals surface area contributed by atoms with E-state index in [1.807, 2.05) is 31.2 Å². The molecule has 3 aromatic rings. The van der Waals surface area contributed by atoms with E-state index >= 15 is 0 Å². The molecule has 3 rings (SSSR count). The van der Waals surface area contributed by atoms with Crippen molar-refractivity contribution in [1.29, 1.82) is 0 Å². The lowest BCUT2D eigenvalue weighted by molar-refractivity contribution is -0.118. The maximum absolute atomic E-state index is 12.6. The second-order valence-electron chi connectivity index (χ2n) is 6.71. The van der Waals surface area contributed by atoms with E-state index in [2.05, 4.69) is 4.98 Å². The maximum Gasteiger partial charge on any atom is 0.251 e. The molecule has 1 aromatic heterocycles. The molecule has 0 aliphatic carbocycles. The van der Waals surface area contributed by atoms with E-state index in [1.54, 1.807) is 44.4 Å². The molecule has 6 heteroatoms. The normalized spacial score (nSPS) is 10.7. The number of pyridine rings is 1. The van der Waals surface area contributed by atoms with E-state index in [1.165, 1.54) is 0 Å². The first-order valence-electron chi connectivity index (χ1n) is 9.04. The summed E-state index contributed by atoms with van der Waals surface area (Å²) in [5, 5.41) is 0.959. The molecule has 0 aliphatic heterocycles. The number of carbonyl (C=O) groups is 1. The highest BCUT2D eigenvalue weighted by Crippen LogP contribution is 2.31. The minimum Gasteiger partial charge on any atom is -0.493 e. The third-order valence-electron chi connectivity index (χ3n) is 4.82. The number of aromatic nitrogens is 1. The van der Waals surface area contributed by atoms with Crippen LogP contribution in [0.4, 0.5) is 5.69 Å². The maximum atomic E-state index is 12.6. The lowest BCUT2D eigenvalue weighted by Gasteiger charge is -2.19. The van der Waals surface area contributed by atoms with E-state index < -0.39 is 0 Å². The Morgan fingerprint density at radius 3 is 2.50 bits per heavy atom. The van der Waals surface area contributed by atoms with E-state index in [9.17, 15) is 9.59 Å². The van der Waals surface area contributed by atoms with Gasteiger partial charge in [0.2, 0.25) is 5.91 Å². The molecule has 0 bridgehead atoms. The summed E-state index contributed by atoms with van der Waals surface area (Å²) in [5.74, 6) is 1.07. The van der Waals surface area contributed by atoms with Crippen molar-refractivity contribution in [1.82, 2.24) is 4.98 Å². The zero-order chi connectivity index (χ0) is 20.3. The summed E-state index contributed by atoms with van der Waals surface area (Å²) in [6.45, 7) is 1.98. The number of aromatic amines is 1. The number of nitrogens with one attached hydrogen (secondary N) is 1. The number of methoxy groups -OCH3 is 2. The number of aryl methyl sites for hydroxylation is 2. The Balaban J connectivity index is 1.75. The molecule has 2 aromatic carbocycles. The van der Waals surface area contributed by atoms with Crippen molar-refractivity contribution in [3.05, 3.63) is 63.9 Å². The first kappa shape index (κ1) is 19.5. The van der Waals surface area contributed by atoms with Crippen molar-refractivity contribution < 1.29 is 14.3 Å². The molecule has 0 saturated carbocycles. The molecule has 0 atom stereocenters. The highest BCUT2D eigenvalue weighted by Gasteiger charge is 2.15. The number of benzene rings is 2. The number of hydrogen-bond acceptors (Lipinski definition) is 4. The van der Waals surface area contributed by atoms with Gasteiger partial charge in [0.15, 0.2) is 11.5 Å². The van der Waals surface area contributed by atoms with Gasteiger partial charge in [-0.2, -0.15) is 0 Å². The Morgan fingerprint density at radius 2 is 1.79 bits per heavy atom. The van der Waals surface area contributed by atoms with Crippen LogP contribution in [0.3, 0.4) is 0 Å². The van der Waals surface area contributed by atoms with Crippen molar-refractivity contribution in [3.63, 3.8) is 0 Å². The van der Waals surface area contributed by atoms with Gasteiger partial charge in [-0.15, -0.1) is 0 Å². The molecule has 0 saturated heterocycles. The van der Waals surface area contributed by atoms with Gasteiger partial charge in [-0.25, -0.2) is 0 Å². The Morgan fingerprint density at radius 1 is 1.04 bits per heavy atom.